The first-order chi connectivity index (χ1) is 12.7. The summed E-state index contributed by atoms with van der Waals surface area (Å²) in [6.45, 7) is 3.04. The van der Waals surface area contributed by atoms with Crippen LogP contribution in [0, 0.1) is 11.3 Å². The van der Waals surface area contributed by atoms with Crippen LogP contribution in [0.4, 0.5) is 0 Å². The summed E-state index contributed by atoms with van der Waals surface area (Å²) in [5.41, 5.74) is -0.00246. The van der Waals surface area contributed by atoms with E-state index in [2.05, 4.69) is 11.1 Å². The smallest absolute Gasteiger partial charge is 0.323 e. The van der Waals surface area contributed by atoms with Gasteiger partial charge in [-0.2, -0.15) is 5.26 Å². The number of benzene rings is 1. The summed E-state index contributed by atoms with van der Waals surface area (Å²) in [6, 6.07) is 8.65. The van der Waals surface area contributed by atoms with Crippen molar-refractivity contribution in [2.45, 2.75) is 30.7 Å². The van der Waals surface area contributed by atoms with E-state index in [4.69, 9.17) is 11.6 Å². The predicted molar refractivity (Wildman–Crippen MR) is 107 cm³/mol. The first kappa shape index (κ1) is 19.2. The van der Waals surface area contributed by atoms with E-state index in [0.717, 1.165) is 0 Å². The van der Waals surface area contributed by atoms with Gasteiger partial charge in [-0.15, -0.1) is 11.8 Å². The zero-order valence-electron chi connectivity index (χ0n) is 14.9. The number of rotatable bonds is 4. The maximum absolute atomic E-state index is 13.0. The molecule has 1 aromatic carbocycles. The number of hydrogen-bond acceptors (Lipinski definition) is 5. The maximum atomic E-state index is 13.0. The van der Waals surface area contributed by atoms with Gasteiger partial charge in [0.1, 0.15) is 12.2 Å². The van der Waals surface area contributed by atoms with Gasteiger partial charge in [-0.3, -0.25) is 9.59 Å². The van der Waals surface area contributed by atoms with Crippen molar-refractivity contribution in [1.29, 1.82) is 5.26 Å². The third-order valence-corrected chi connectivity index (χ3v) is 5.64. The van der Waals surface area contributed by atoms with Crippen LogP contribution in [-0.2, 0) is 16.8 Å². The van der Waals surface area contributed by atoms with Gasteiger partial charge in [0.2, 0.25) is 0 Å². The van der Waals surface area contributed by atoms with Gasteiger partial charge >= 0.3 is 5.97 Å². The van der Waals surface area contributed by atoms with E-state index in [-0.39, 0.29) is 17.6 Å². The molecular weight excluding hydrogens is 386 g/mol. The lowest BCUT2D eigenvalue weighted by Crippen LogP contribution is -2.21. The summed E-state index contributed by atoms with van der Waals surface area (Å²) in [6.07, 6.45) is 1.81. The van der Waals surface area contributed by atoms with Crippen LogP contribution in [0.3, 0.4) is 0 Å². The quantitative estimate of drug-likeness (QED) is 0.527. The topological polar surface area (TPSA) is 96.0 Å². The molecule has 8 heteroatoms. The van der Waals surface area contributed by atoms with Crippen molar-refractivity contribution in [1.82, 2.24) is 9.55 Å². The minimum Gasteiger partial charge on any atom is -0.480 e. The van der Waals surface area contributed by atoms with Crippen molar-refractivity contribution in [2.24, 2.45) is 0 Å². The van der Waals surface area contributed by atoms with Crippen LogP contribution in [0.25, 0.3) is 21.9 Å². The Kier molecular flexibility index (Phi) is 4.89. The minimum absolute atomic E-state index is 0.230. The van der Waals surface area contributed by atoms with Crippen molar-refractivity contribution in [3.05, 3.63) is 45.2 Å². The first-order valence-corrected chi connectivity index (χ1v) is 9.65. The largest absolute Gasteiger partial charge is 0.480 e. The summed E-state index contributed by atoms with van der Waals surface area (Å²) in [4.78, 5) is 29.7. The number of carboxylic acid groups (broad SMARTS) is 1. The minimum atomic E-state index is -1.07. The highest BCUT2D eigenvalue weighted by Crippen LogP contribution is 2.34. The van der Waals surface area contributed by atoms with Gasteiger partial charge in [0.25, 0.3) is 0 Å². The fourth-order valence-corrected chi connectivity index (χ4v) is 4.03. The molecule has 0 aliphatic carbocycles. The molecule has 1 N–H and O–H groups in total. The molecule has 2 heterocycles. The van der Waals surface area contributed by atoms with Crippen molar-refractivity contribution < 1.29 is 9.90 Å². The zero-order chi connectivity index (χ0) is 19.9. The molecule has 0 bridgehead atoms. The van der Waals surface area contributed by atoms with Gasteiger partial charge in [-0.1, -0.05) is 11.6 Å². The molecule has 3 rings (SSSR count). The number of nitriles is 1. The summed E-state index contributed by atoms with van der Waals surface area (Å²) in [5.74, 6) is -1.07. The maximum Gasteiger partial charge on any atom is 0.323 e. The molecule has 0 aliphatic rings. The van der Waals surface area contributed by atoms with Crippen LogP contribution in [0.5, 0.6) is 0 Å². The zero-order valence-corrected chi connectivity index (χ0v) is 16.5. The van der Waals surface area contributed by atoms with Gasteiger partial charge in [0, 0.05) is 5.39 Å². The molecule has 0 spiro atoms. The number of fused-ring (bicyclic) bond motifs is 2. The third-order valence-electron chi connectivity index (χ3n) is 4.39. The highest BCUT2D eigenvalue weighted by molar-refractivity contribution is 7.99. The molecule has 0 amide bonds. The SMILES string of the molecule is CSc1c(Cl)ccc2c(=O)c3ccc(C(C)(C)C#N)nc3n(CC(=O)O)c12. The Bertz CT molecular complexity index is 1190. The average molecular weight is 402 g/mol. The average Bonchev–Trinajstić information content (AvgIpc) is 2.64. The van der Waals surface area contributed by atoms with Crippen molar-refractivity contribution in [2.75, 3.05) is 6.26 Å². The molecule has 6 nitrogen and oxygen atoms in total. The Morgan fingerprint density at radius 2 is 2.00 bits per heavy atom. The van der Waals surface area contributed by atoms with Gasteiger partial charge < -0.3 is 9.67 Å². The van der Waals surface area contributed by atoms with Gasteiger partial charge in [0.15, 0.2) is 5.43 Å². The lowest BCUT2D eigenvalue weighted by Gasteiger charge is -2.19. The van der Waals surface area contributed by atoms with E-state index in [1.54, 1.807) is 38.1 Å². The highest BCUT2D eigenvalue weighted by Gasteiger charge is 2.24. The van der Waals surface area contributed by atoms with E-state index in [0.29, 0.717) is 31.9 Å². The molecule has 3 aromatic rings. The molecular formula is C19H16ClN3O3S. The second-order valence-electron chi connectivity index (χ2n) is 6.59. The second kappa shape index (κ2) is 6.87. The van der Waals surface area contributed by atoms with Gasteiger partial charge in [0.05, 0.1) is 38.0 Å². The molecule has 0 aliphatic heterocycles. The number of aromatic nitrogens is 2. The lowest BCUT2D eigenvalue weighted by atomic mass is 9.90. The third kappa shape index (κ3) is 3.15. The number of carboxylic acids is 1. The van der Waals surface area contributed by atoms with Crippen LogP contribution in [0.1, 0.15) is 19.5 Å². The fourth-order valence-electron chi connectivity index (χ4n) is 2.97. The summed E-state index contributed by atoms with van der Waals surface area (Å²) >= 11 is 7.63. The number of hydrogen-bond donors (Lipinski definition) is 1. The standard InChI is InChI=1S/C19H16ClN3O3S/c1-19(2,9-21)13-7-5-11-16(26)10-4-6-12(20)17(27-3)15(10)23(8-14(24)25)18(11)22-13/h4-7H,8H2,1-3H3,(H,24,25). The molecule has 2 aromatic heterocycles. The lowest BCUT2D eigenvalue weighted by molar-refractivity contribution is -0.137. The second-order valence-corrected chi connectivity index (χ2v) is 7.81. The van der Waals surface area contributed by atoms with Crippen LogP contribution in [-0.4, -0.2) is 26.9 Å². The molecule has 0 saturated heterocycles. The normalized spacial score (nSPS) is 11.7. The summed E-state index contributed by atoms with van der Waals surface area (Å²) in [5, 5.41) is 20.0. The number of nitrogens with zero attached hydrogens (tertiary/aromatic N) is 3. The number of pyridine rings is 2. The van der Waals surface area contributed by atoms with Crippen LogP contribution < -0.4 is 5.43 Å². The number of carbonyl (C=O) groups is 1. The van der Waals surface area contributed by atoms with E-state index < -0.39 is 11.4 Å². The molecule has 138 valence electrons. The molecule has 0 atom stereocenters. The summed E-state index contributed by atoms with van der Waals surface area (Å²) in [7, 11) is 0. The Hall–Kier alpha value is -2.56. The van der Waals surface area contributed by atoms with Crippen LogP contribution >= 0.6 is 23.4 Å². The van der Waals surface area contributed by atoms with Crippen LogP contribution in [0.2, 0.25) is 5.02 Å². The number of aliphatic carboxylic acids is 1. The predicted octanol–water partition coefficient (Wildman–Crippen LogP) is 3.81. The Balaban J connectivity index is 2.58. The molecule has 0 fully saturated rings. The Labute approximate surface area is 164 Å². The van der Waals surface area contributed by atoms with Gasteiger partial charge in [-0.25, -0.2) is 4.98 Å². The Morgan fingerprint density at radius 1 is 1.33 bits per heavy atom. The fraction of sp³-hybridized carbons (Fsp3) is 0.263. The van der Waals surface area contributed by atoms with E-state index in [9.17, 15) is 20.0 Å². The number of thioether (sulfide) groups is 1. The molecule has 27 heavy (non-hydrogen) atoms. The van der Waals surface area contributed by atoms with E-state index in [1.165, 1.54) is 16.3 Å². The van der Waals surface area contributed by atoms with Crippen molar-refractivity contribution >= 4 is 51.3 Å². The van der Waals surface area contributed by atoms with E-state index >= 15 is 0 Å². The summed E-state index contributed by atoms with van der Waals surface area (Å²) < 4.78 is 1.49. The first-order valence-electron chi connectivity index (χ1n) is 8.04. The molecule has 0 saturated carbocycles. The molecule has 0 unspecified atom stereocenters. The number of halogens is 1. The van der Waals surface area contributed by atoms with E-state index in [1.807, 2.05) is 6.26 Å². The van der Waals surface area contributed by atoms with Crippen LogP contribution in [0.15, 0.2) is 34.0 Å². The monoisotopic (exact) mass is 401 g/mol. The molecule has 0 radical (unpaired) electrons. The van der Waals surface area contributed by atoms with Crippen molar-refractivity contribution in [3.8, 4) is 6.07 Å². The van der Waals surface area contributed by atoms with Crippen molar-refractivity contribution in [3.63, 3.8) is 0 Å². The van der Waals surface area contributed by atoms with Gasteiger partial charge in [-0.05, 0) is 44.4 Å². The Morgan fingerprint density at radius 3 is 2.59 bits per heavy atom. The highest BCUT2D eigenvalue weighted by atomic mass is 35.5.